The standard InChI is InChI=1S/C16H24N4O4S/c1-16(2,3)24-15(23)20-6-4-5-10(8-20)13(22)19-14-18-11(9-25-14)7-12(17)21/h9-10H,4-8H2,1-3H3,(H2,17,21)(H,18,19,22)/t10-/m0/s1. The molecule has 1 aromatic heterocycles. The third kappa shape index (κ3) is 6.00. The van der Waals surface area contributed by atoms with Gasteiger partial charge in [0.15, 0.2) is 5.13 Å². The van der Waals surface area contributed by atoms with Crippen molar-refractivity contribution in [3.8, 4) is 0 Å². The number of aromatic nitrogens is 1. The van der Waals surface area contributed by atoms with Gasteiger partial charge in [0.05, 0.1) is 18.0 Å². The minimum atomic E-state index is -0.565. The number of hydrogen-bond acceptors (Lipinski definition) is 6. The van der Waals surface area contributed by atoms with E-state index in [-0.39, 0.29) is 18.2 Å². The van der Waals surface area contributed by atoms with Crippen molar-refractivity contribution < 1.29 is 19.1 Å². The van der Waals surface area contributed by atoms with Crippen LogP contribution in [0.3, 0.4) is 0 Å². The molecule has 0 aliphatic carbocycles. The van der Waals surface area contributed by atoms with Crippen LogP contribution in [0.1, 0.15) is 39.3 Å². The van der Waals surface area contributed by atoms with Crippen LogP contribution in [-0.4, -0.2) is 46.5 Å². The molecule has 1 aliphatic rings. The molecule has 25 heavy (non-hydrogen) atoms. The molecule has 0 saturated carbocycles. The first-order valence-corrected chi connectivity index (χ1v) is 9.03. The fourth-order valence-electron chi connectivity index (χ4n) is 2.52. The molecule has 1 aromatic rings. The van der Waals surface area contributed by atoms with Gasteiger partial charge in [-0.25, -0.2) is 9.78 Å². The highest BCUT2D eigenvalue weighted by Crippen LogP contribution is 2.22. The summed E-state index contributed by atoms with van der Waals surface area (Å²) in [7, 11) is 0. The van der Waals surface area contributed by atoms with E-state index in [9.17, 15) is 14.4 Å². The number of likely N-dealkylation sites (tertiary alicyclic amines) is 1. The summed E-state index contributed by atoms with van der Waals surface area (Å²) in [5.74, 6) is -0.971. The number of nitrogens with two attached hydrogens (primary N) is 1. The van der Waals surface area contributed by atoms with Gasteiger partial charge in [-0.2, -0.15) is 0 Å². The Morgan fingerprint density at radius 3 is 2.80 bits per heavy atom. The summed E-state index contributed by atoms with van der Waals surface area (Å²) in [6.45, 7) is 6.33. The van der Waals surface area contributed by atoms with Crippen LogP contribution in [0.25, 0.3) is 0 Å². The van der Waals surface area contributed by atoms with E-state index in [4.69, 9.17) is 10.5 Å². The van der Waals surface area contributed by atoms with E-state index in [2.05, 4.69) is 10.3 Å². The van der Waals surface area contributed by atoms with E-state index < -0.39 is 17.6 Å². The Bertz CT molecular complexity index is 653. The molecule has 0 bridgehead atoms. The molecule has 0 unspecified atom stereocenters. The molecule has 2 rings (SSSR count). The molecule has 2 heterocycles. The fourth-order valence-corrected chi connectivity index (χ4v) is 3.23. The van der Waals surface area contributed by atoms with E-state index in [0.29, 0.717) is 30.3 Å². The van der Waals surface area contributed by atoms with Gasteiger partial charge in [-0.05, 0) is 33.6 Å². The Kier molecular flexibility index (Phi) is 5.99. The van der Waals surface area contributed by atoms with Gasteiger partial charge in [0, 0.05) is 18.5 Å². The summed E-state index contributed by atoms with van der Waals surface area (Å²) < 4.78 is 5.37. The number of primary amides is 1. The smallest absolute Gasteiger partial charge is 0.410 e. The number of hydrogen-bond donors (Lipinski definition) is 2. The molecule has 138 valence electrons. The summed E-state index contributed by atoms with van der Waals surface area (Å²) in [6, 6.07) is 0. The molecule has 0 radical (unpaired) electrons. The highest BCUT2D eigenvalue weighted by molar-refractivity contribution is 7.13. The predicted molar refractivity (Wildman–Crippen MR) is 94.2 cm³/mol. The molecule has 3 N–H and O–H groups in total. The number of anilines is 1. The number of nitrogens with one attached hydrogen (secondary N) is 1. The Morgan fingerprint density at radius 1 is 1.44 bits per heavy atom. The molecule has 1 atom stereocenters. The van der Waals surface area contributed by atoms with Crippen LogP contribution in [0.15, 0.2) is 5.38 Å². The average Bonchev–Trinajstić information content (AvgIpc) is 2.91. The minimum Gasteiger partial charge on any atom is -0.444 e. The number of nitrogens with zero attached hydrogens (tertiary/aromatic N) is 2. The van der Waals surface area contributed by atoms with Crippen molar-refractivity contribution in [1.29, 1.82) is 0 Å². The zero-order chi connectivity index (χ0) is 18.6. The Hall–Kier alpha value is -2.16. The molecule has 1 fully saturated rings. The van der Waals surface area contributed by atoms with E-state index >= 15 is 0 Å². The molecular weight excluding hydrogens is 344 g/mol. The predicted octanol–water partition coefficient (Wildman–Crippen LogP) is 1.76. The van der Waals surface area contributed by atoms with Gasteiger partial charge in [-0.3, -0.25) is 9.59 Å². The highest BCUT2D eigenvalue weighted by atomic mass is 32.1. The van der Waals surface area contributed by atoms with Crippen LogP contribution in [0.4, 0.5) is 9.93 Å². The second-order valence-electron chi connectivity index (χ2n) is 7.04. The van der Waals surface area contributed by atoms with Crippen LogP contribution in [0, 0.1) is 5.92 Å². The largest absolute Gasteiger partial charge is 0.444 e. The molecule has 1 saturated heterocycles. The number of rotatable bonds is 4. The van der Waals surface area contributed by atoms with E-state index in [1.807, 2.05) is 20.8 Å². The number of amides is 3. The van der Waals surface area contributed by atoms with Crippen LogP contribution >= 0.6 is 11.3 Å². The first kappa shape index (κ1) is 19.2. The molecule has 0 aromatic carbocycles. The topological polar surface area (TPSA) is 115 Å². The normalized spacial score (nSPS) is 17.9. The van der Waals surface area contributed by atoms with Gasteiger partial charge in [-0.1, -0.05) is 0 Å². The third-order valence-electron chi connectivity index (χ3n) is 3.58. The molecule has 3 amide bonds. The van der Waals surface area contributed by atoms with Gasteiger partial charge in [-0.15, -0.1) is 11.3 Å². The number of carbonyl (C=O) groups is 3. The van der Waals surface area contributed by atoms with Gasteiger partial charge in [0.1, 0.15) is 5.60 Å². The SMILES string of the molecule is CC(C)(C)OC(=O)N1CCC[C@H](C(=O)Nc2nc(CC(N)=O)cs2)C1. The van der Waals surface area contributed by atoms with Crippen LogP contribution in [0.2, 0.25) is 0 Å². The van der Waals surface area contributed by atoms with Crippen molar-refractivity contribution in [3.05, 3.63) is 11.1 Å². The molecule has 8 nitrogen and oxygen atoms in total. The Balaban J connectivity index is 1.92. The van der Waals surface area contributed by atoms with Crippen molar-refractivity contribution in [2.24, 2.45) is 11.7 Å². The Morgan fingerprint density at radius 2 is 2.16 bits per heavy atom. The molecular formula is C16H24N4O4S. The van der Waals surface area contributed by atoms with Crippen molar-refractivity contribution in [2.45, 2.75) is 45.6 Å². The van der Waals surface area contributed by atoms with Crippen LogP contribution < -0.4 is 11.1 Å². The van der Waals surface area contributed by atoms with Crippen molar-refractivity contribution in [1.82, 2.24) is 9.88 Å². The monoisotopic (exact) mass is 368 g/mol. The Labute approximate surface area is 150 Å². The summed E-state index contributed by atoms with van der Waals surface area (Å²) in [6.07, 6.45) is 1.08. The number of ether oxygens (including phenoxy) is 1. The number of carbonyl (C=O) groups excluding carboxylic acids is 3. The summed E-state index contributed by atoms with van der Waals surface area (Å²) in [5, 5.41) is 4.87. The lowest BCUT2D eigenvalue weighted by atomic mass is 9.97. The third-order valence-corrected chi connectivity index (χ3v) is 4.39. The van der Waals surface area contributed by atoms with Crippen LogP contribution in [-0.2, 0) is 20.7 Å². The van der Waals surface area contributed by atoms with E-state index in [0.717, 1.165) is 6.42 Å². The zero-order valence-electron chi connectivity index (χ0n) is 14.7. The van der Waals surface area contributed by atoms with E-state index in [1.54, 1.807) is 10.3 Å². The maximum atomic E-state index is 12.4. The molecule has 9 heteroatoms. The summed E-state index contributed by atoms with van der Waals surface area (Å²) >= 11 is 1.24. The summed E-state index contributed by atoms with van der Waals surface area (Å²) in [4.78, 5) is 41.2. The maximum absolute atomic E-state index is 12.4. The molecule has 0 spiro atoms. The summed E-state index contributed by atoms with van der Waals surface area (Å²) in [5.41, 5.74) is 5.10. The number of piperidine rings is 1. The lowest BCUT2D eigenvalue weighted by Crippen LogP contribution is -2.45. The quantitative estimate of drug-likeness (QED) is 0.840. The van der Waals surface area contributed by atoms with Crippen molar-refractivity contribution >= 4 is 34.4 Å². The first-order chi connectivity index (χ1) is 11.6. The van der Waals surface area contributed by atoms with Gasteiger partial charge < -0.3 is 20.7 Å². The fraction of sp³-hybridized carbons (Fsp3) is 0.625. The van der Waals surface area contributed by atoms with Crippen LogP contribution in [0.5, 0.6) is 0 Å². The highest BCUT2D eigenvalue weighted by Gasteiger charge is 2.31. The lowest BCUT2D eigenvalue weighted by molar-refractivity contribution is -0.121. The average molecular weight is 368 g/mol. The van der Waals surface area contributed by atoms with Gasteiger partial charge in [0.25, 0.3) is 0 Å². The van der Waals surface area contributed by atoms with Gasteiger partial charge >= 0.3 is 6.09 Å². The first-order valence-electron chi connectivity index (χ1n) is 8.15. The van der Waals surface area contributed by atoms with Crippen molar-refractivity contribution in [3.63, 3.8) is 0 Å². The van der Waals surface area contributed by atoms with Crippen molar-refractivity contribution in [2.75, 3.05) is 18.4 Å². The minimum absolute atomic E-state index is 0.0439. The van der Waals surface area contributed by atoms with Gasteiger partial charge in [0.2, 0.25) is 11.8 Å². The second kappa shape index (κ2) is 7.81. The number of thiazole rings is 1. The molecule has 1 aliphatic heterocycles. The zero-order valence-corrected chi connectivity index (χ0v) is 15.5. The maximum Gasteiger partial charge on any atom is 0.410 e. The lowest BCUT2D eigenvalue weighted by Gasteiger charge is -2.33. The van der Waals surface area contributed by atoms with E-state index in [1.165, 1.54) is 11.3 Å². The second-order valence-corrected chi connectivity index (χ2v) is 7.90.